The molecule has 0 aliphatic rings. The molecule has 94 valence electrons. The van der Waals surface area contributed by atoms with Gasteiger partial charge in [-0.3, -0.25) is 4.79 Å². The minimum atomic E-state index is -1.36. The second kappa shape index (κ2) is 5.69. The maximum absolute atomic E-state index is 11.3. The summed E-state index contributed by atoms with van der Waals surface area (Å²) in [6, 6.07) is 8.26. The average molecular weight is 271 g/mol. The van der Waals surface area contributed by atoms with Gasteiger partial charge >= 0.3 is 5.97 Å². The third kappa shape index (κ3) is 5.37. The minimum absolute atomic E-state index is 0.292. The van der Waals surface area contributed by atoms with Crippen molar-refractivity contribution in [2.75, 3.05) is 0 Å². The lowest BCUT2D eigenvalue weighted by Gasteiger charge is -2.21. The molecule has 0 amide bonds. The number of benzene rings is 1. The van der Waals surface area contributed by atoms with E-state index < -0.39 is 14.0 Å². The summed E-state index contributed by atoms with van der Waals surface area (Å²) < 4.78 is 0. The molecule has 0 bridgehead atoms. The van der Waals surface area contributed by atoms with Crippen molar-refractivity contribution in [3.8, 4) is 0 Å². The number of halogens is 1. The zero-order chi connectivity index (χ0) is 13.1. The Labute approximate surface area is 109 Å². The largest absolute Gasteiger partial charge is 0.481 e. The summed E-state index contributed by atoms with van der Waals surface area (Å²) in [5.41, 5.74) is 1.00. The molecule has 1 N–H and O–H groups in total. The van der Waals surface area contributed by atoms with Crippen LogP contribution in [0, 0.1) is 5.92 Å². The van der Waals surface area contributed by atoms with Crippen molar-refractivity contribution in [2.24, 2.45) is 5.92 Å². The smallest absolute Gasteiger partial charge is 0.306 e. The molecule has 0 aliphatic heterocycles. The van der Waals surface area contributed by atoms with E-state index in [2.05, 4.69) is 19.6 Å². The molecular weight excluding hydrogens is 252 g/mol. The third-order valence-corrected chi connectivity index (χ3v) is 4.53. The zero-order valence-electron chi connectivity index (χ0n) is 10.5. The molecule has 0 spiro atoms. The zero-order valence-corrected chi connectivity index (χ0v) is 12.3. The first-order valence-electron chi connectivity index (χ1n) is 5.75. The van der Waals surface area contributed by atoms with Gasteiger partial charge in [0.05, 0.1) is 5.92 Å². The standard InChI is InChI=1S/C13H19ClO2Si/c1-17(2,3)9-11(13(15)16)7-10-5-4-6-12(14)8-10/h4-6,8,11H,7,9H2,1-3H3,(H,15,16). The summed E-state index contributed by atoms with van der Waals surface area (Å²) in [5.74, 6) is -0.993. The Morgan fingerprint density at radius 1 is 1.41 bits per heavy atom. The van der Waals surface area contributed by atoms with Crippen molar-refractivity contribution >= 4 is 25.6 Å². The lowest BCUT2D eigenvalue weighted by molar-refractivity contribution is -0.141. The van der Waals surface area contributed by atoms with Crippen LogP contribution in [0.4, 0.5) is 0 Å². The van der Waals surface area contributed by atoms with E-state index in [1.165, 1.54) is 0 Å². The monoisotopic (exact) mass is 270 g/mol. The fraction of sp³-hybridized carbons (Fsp3) is 0.462. The van der Waals surface area contributed by atoms with E-state index in [1.807, 2.05) is 18.2 Å². The number of aliphatic carboxylic acids is 1. The molecule has 0 fully saturated rings. The summed E-state index contributed by atoms with van der Waals surface area (Å²) >= 11 is 5.90. The molecule has 0 heterocycles. The van der Waals surface area contributed by atoms with Crippen LogP contribution in [0.3, 0.4) is 0 Å². The first-order chi connectivity index (χ1) is 7.78. The molecule has 1 aromatic carbocycles. The highest BCUT2D eigenvalue weighted by Crippen LogP contribution is 2.22. The Balaban J connectivity index is 2.77. The van der Waals surface area contributed by atoms with Gasteiger partial charge in [0.2, 0.25) is 0 Å². The van der Waals surface area contributed by atoms with Crippen LogP contribution in [-0.2, 0) is 11.2 Å². The fourth-order valence-electron chi connectivity index (χ4n) is 1.93. The van der Waals surface area contributed by atoms with E-state index in [1.54, 1.807) is 6.07 Å². The van der Waals surface area contributed by atoms with Crippen LogP contribution in [0.5, 0.6) is 0 Å². The van der Waals surface area contributed by atoms with Crippen LogP contribution in [-0.4, -0.2) is 19.1 Å². The van der Waals surface area contributed by atoms with E-state index in [-0.39, 0.29) is 5.92 Å². The fourth-order valence-corrected chi connectivity index (χ4v) is 3.94. The highest BCUT2D eigenvalue weighted by atomic mass is 35.5. The summed E-state index contributed by atoms with van der Waals surface area (Å²) in [6.45, 7) is 6.59. The topological polar surface area (TPSA) is 37.3 Å². The van der Waals surface area contributed by atoms with Gasteiger partial charge in [-0.2, -0.15) is 0 Å². The second-order valence-corrected chi connectivity index (χ2v) is 11.6. The summed E-state index contributed by atoms with van der Waals surface area (Å²) in [4.78, 5) is 11.3. The van der Waals surface area contributed by atoms with Gasteiger partial charge < -0.3 is 5.11 Å². The van der Waals surface area contributed by atoms with Crippen molar-refractivity contribution < 1.29 is 9.90 Å². The summed E-state index contributed by atoms with van der Waals surface area (Å²) in [5, 5.41) is 9.92. The normalized spacial score (nSPS) is 13.4. The Bertz CT molecular complexity index is 399. The van der Waals surface area contributed by atoms with Gasteiger partial charge in [0.25, 0.3) is 0 Å². The van der Waals surface area contributed by atoms with E-state index >= 15 is 0 Å². The van der Waals surface area contributed by atoms with Gasteiger partial charge in [-0.05, 0) is 30.2 Å². The Morgan fingerprint density at radius 2 is 2.06 bits per heavy atom. The molecule has 1 aromatic rings. The first-order valence-corrected chi connectivity index (χ1v) is 9.84. The number of hydrogen-bond acceptors (Lipinski definition) is 1. The second-order valence-electron chi connectivity index (χ2n) is 5.63. The number of rotatable bonds is 5. The molecule has 17 heavy (non-hydrogen) atoms. The van der Waals surface area contributed by atoms with Crippen molar-refractivity contribution in [1.29, 1.82) is 0 Å². The maximum Gasteiger partial charge on any atom is 0.306 e. The number of carbonyl (C=O) groups is 1. The lowest BCUT2D eigenvalue weighted by atomic mass is 10.0. The van der Waals surface area contributed by atoms with Crippen LogP contribution in [0.25, 0.3) is 0 Å². The lowest BCUT2D eigenvalue weighted by Crippen LogP contribution is -2.29. The van der Waals surface area contributed by atoms with E-state index in [0.29, 0.717) is 11.4 Å². The molecule has 2 nitrogen and oxygen atoms in total. The Hall–Kier alpha value is -0.803. The van der Waals surface area contributed by atoms with E-state index in [0.717, 1.165) is 11.6 Å². The first kappa shape index (κ1) is 14.3. The van der Waals surface area contributed by atoms with Gasteiger partial charge in [0.1, 0.15) is 0 Å². The SMILES string of the molecule is C[Si](C)(C)CC(Cc1cccc(Cl)c1)C(=O)O. The van der Waals surface area contributed by atoms with Crippen LogP contribution < -0.4 is 0 Å². The maximum atomic E-state index is 11.3. The molecule has 0 aromatic heterocycles. The van der Waals surface area contributed by atoms with Crippen molar-refractivity contribution in [3.05, 3.63) is 34.9 Å². The predicted molar refractivity (Wildman–Crippen MR) is 74.4 cm³/mol. The van der Waals surface area contributed by atoms with Gasteiger partial charge in [0, 0.05) is 13.1 Å². The predicted octanol–water partition coefficient (Wildman–Crippen LogP) is 3.92. The van der Waals surface area contributed by atoms with Gasteiger partial charge in [0.15, 0.2) is 0 Å². The minimum Gasteiger partial charge on any atom is -0.481 e. The molecule has 0 saturated heterocycles. The van der Waals surface area contributed by atoms with Gasteiger partial charge in [-0.25, -0.2) is 0 Å². The van der Waals surface area contributed by atoms with Gasteiger partial charge in [-0.1, -0.05) is 43.4 Å². The van der Waals surface area contributed by atoms with Crippen LogP contribution >= 0.6 is 11.6 Å². The molecule has 0 radical (unpaired) electrons. The number of hydrogen-bond donors (Lipinski definition) is 1. The van der Waals surface area contributed by atoms with E-state index in [4.69, 9.17) is 11.6 Å². The third-order valence-electron chi connectivity index (χ3n) is 2.58. The quantitative estimate of drug-likeness (QED) is 0.824. The molecular formula is C13H19ClO2Si. The Morgan fingerprint density at radius 3 is 2.53 bits per heavy atom. The van der Waals surface area contributed by atoms with E-state index in [9.17, 15) is 9.90 Å². The Kier molecular flexibility index (Phi) is 4.77. The molecule has 1 unspecified atom stereocenters. The molecule has 1 rings (SSSR count). The van der Waals surface area contributed by atoms with Crippen molar-refractivity contribution in [1.82, 2.24) is 0 Å². The van der Waals surface area contributed by atoms with Crippen molar-refractivity contribution in [2.45, 2.75) is 32.1 Å². The summed E-state index contributed by atoms with van der Waals surface area (Å²) in [6.07, 6.45) is 0.570. The van der Waals surface area contributed by atoms with Crippen LogP contribution in [0.15, 0.2) is 24.3 Å². The highest BCUT2D eigenvalue weighted by molar-refractivity contribution is 6.76. The molecule has 1 atom stereocenters. The highest BCUT2D eigenvalue weighted by Gasteiger charge is 2.25. The average Bonchev–Trinajstić information content (AvgIpc) is 2.14. The molecule has 0 aliphatic carbocycles. The van der Waals surface area contributed by atoms with Crippen LogP contribution in [0.2, 0.25) is 30.7 Å². The molecule has 0 saturated carbocycles. The van der Waals surface area contributed by atoms with Crippen molar-refractivity contribution in [3.63, 3.8) is 0 Å². The summed E-state index contributed by atoms with van der Waals surface area (Å²) in [7, 11) is -1.36. The van der Waals surface area contributed by atoms with Crippen LogP contribution in [0.1, 0.15) is 5.56 Å². The number of carboxylic acids is 1. The number of carboxylic acid groups (broad SMARTS) is 1. The van der Waals surface area contributed by atoms with Gasteiger partial charge in [-0.15, -0.1) is 0 Å². The molecule has 4 heteroatoms.